The van der Waals surface area contributed by atoms with Gasteiger partial charge in [0.1, 0.15) is 0 Å². The molecular formula is C15H30N4O2S. The van der Waals surface area contributed by atoms with E-state index in [-0.39, 0.29) is 5.75 Å². The topological polar surface area (TPSA) is 73.8 Å². The maximum atomic E-state index is 11.9. The summed E-state index contributed by atoms with van der Waals surface area (Å²) in [4.78, 5) is 4.63. The predicted molar refractivity (Wildman–Crippen MR) is 90.5 cm³/mol. The average Bonchev–Trinajstić information content (AvgIpc) is 3.32. The van der Waals surface area contributed by atoms with Crippen LogP contribution in [0.25, 0.3) is 0 Å². The zero-order chi connectivity index (χ0) is 16.0. The van der Waals surface area contributed by atoms with Crippen molar-refractivity contribution in [3.8, 4) is 0 Å². The molecule has 6 nitrogen and oxygen atoms in total. The predicted octanol–water partition coefficient (Wildman–Crippen LogP) is 1.16. The first kappa shape index (κ1) is 17.5. The second kappa shape index (κ2) is 8.15. The van der Waals surface area contributed by atoms with E-state index in [9.17, 15) is 8.42 Å². The highest BCUT2D eigenvalue weighted by Crippen LogP contribution is 2.32. The molecule has 128 valence electrons. The van der Waals surface area contributed by atoms with E-state index in [2.05, 4.69) is 22.5 Å². The van der Waals surface area contributed by atoms with Gasteiger partial charge in [-0.1, -0.05) is 12.8 Å². The van der Waals surface area contributed by atoms with Crippen molar-refractivity contribution in [1.82, 2.24) is 14.9 Å². The van der Waals surface area contributed by atoms with Gasteiger partial charge in [0.05, 0.1) is 5.75 Å². The van der Waals surface area contributed by atoms with Crippen molar-refractivity contribution in [3.05, 3.63) is 0 Å². The molecule has 2 N–H and O–H groups in total. The van der Waals surface area contributed by atoms with Gasteiger partial charge in [-0.25, -0.2) is 12.7 Å². The fraction of sp³-hybridized carbons (Fsp3) is 0.933. The Hall–Kier alpha value is -0.820. The summed E-state index contributed by atoms with van der Waals surface area (Å²) in [5, 5.41) is 6.74. The van der Waals surface area contributed by atoms with Gasteiger partial charge in [-0.3, -0.25) is 4.99 Å². The van der Waals surface area contributed by atoms with Gasteiger partial charge >= 0.3 is 0 Å². The fourth-order valence-corrected chi connectivity index (χ4v) is 3.87. The number of sulfonamides is 1. The number of nitrogens with zero attached hydrogens (tertiary/aromatic N) is 2. The summed E-state index contributed by atoms with van der Waals surface area (Å²) in [6, 6.07) is 0.307. The van der Waals surface area contributed by atoms with E-state index in [0.29, 0.717) is 19.1 Å². The largest absolute Gasteiger partial charge is 0.357 e. The summed E-state index contributed by atoms with van der Waals surface area (Å²) in [6.45, 7) is 6.70. The molecule has 0 bridgehead atoms. The van der Waals surface area contributed by atoms with Gasteiger partial charge in [-0.15, -0.1) is 0 Å². The number of hydrogen-bond donors (Lipinski definition) is 2. The van der Waals surface area contributed by atoms with E-state index in [4.69, 9.17) is 0 Å². The second-order valence-electron chi connectivity index (χ2n) is 6.21. The van der Waals surface area contributed by atoms with Crippen LogP contribution in [0.4, 0.5) is 0 Å². The van der Waals surface area contributed by atoms with E-state index in [0.717, 1.165) is 37.8 Å². The van der Waals surface area contributed by atoms with Crippen molar-refractivity contribution >= 4 is 16.0 Å². The van der Waals surface area contributed by atoms with Crippen molar-refractivity contribution in [1.29, 1.82) is 0 Å². The standard InChI is InChI=1S/C15H30N4O2S/c1-3-16-15(17-10-7-13-5-6-13)18-14-8-11-19(12-9-14)22(20,21)4-2/h13-14H,3-12H2,1-2H3,(H2,16,17,18). The van der Waals surface area contributed by atoms with Crippen molar-refractivity contribution < 1.29 is 8.42 Å². The molecule has 0 aromatic carbocycles. The highest BCUT2D eigenvalue weighted by Gasteiger charge is 2.27. The van der Waals surface area contributed by atoms with Crippen LogP contribution in [0.5, 0.6) is 0 Å². The van der Waals surface area contributed by atoms with Crippen LogP contribution in [-0.4, -0.2) is 56.7 Å². The smallest absolute Gasteiger partial charge is 0.213 e. The van der Waals surface area contributed by atoms with Crippen LogP contribution in [-0.2, 0) is 10.0 Å². The van der Waals surface area contributed by atoms with Gasteiger partial charge in [0.15, 0.2) is 5.96 Å². The number of piperidine rings is 1. The van der Waals surface area contributed by atoms with Crippen LogP contribution >= 0.6 is 0 Å². The molecule has 1 aliphatic heterocycles. The molecule has 0 aromatic heterocycles. The summed E-state index contributed by atoms with van der Waals surface area (Å²) >= 11 is 0. The summed E-state index contributed by atoms with van der Waals surface area (Å²) in [5.74, 6) is 1.96. The zero-order valence-electron chi connectivity index (χ0n) is 13.8. The molecule has 1 aliphatic carbocycles. The molecule has 1 saturated heterocycles. The molecule has 0 spiro atoms. The van der Waals surface area contributed by atoms with E-state index < -0.39 is 10.0 Å². The van der Waals surface area contributed by atoms with Crippen LogP contribution in [0.1, 0.15) is 46.0 Å². The minimum atomic E-state index is -3.04. The summed E-state index contributed by atoms with van der Waals surface area (Å²) in [5.41, 5.74) is 0. The summed E-state index contributed by atoms with van der Waals surface area (Å²) in [7, 11) is -3.04. The molecule has 0 atom stereocenters. The number of guanidine groups is 1. The average molecular weight is 330 g/mol. The van der Waals surface area contributed by atoms with Crippen molar-refractivity contribution in [3.63, 3.8) is 0 Å². The zero-order valence-corrected chi connectivity index (χ0v) is 14.7. The first-order valence-electron chi connectivity index (χ1n) is 8.57. The van der Waals surface area contributed by atoms with Gasteiger partial charge in [0.2, 0.25) is 10.0 Å². The normalized spacial score (nSPS) is 21.8. The van der Waals surface area contributed by atoms with Gasteiger partial charge in [0, 0.05) is 32.2 Å². The molecule has 1 saturated carbocycles. The van der Waals surface area contributed by atoms with Crippen molar-refractivity contribution in [2.45, 2.75) is 52.0 Å². The number of hydrogen-bond acceptors (Lipinski definition) is 3. The van der Waals surface area contributed by atoms with Crippen LogP contribution in [0, 0.1) is 5.92 Å². The Morgan fingerprint density at radius 1 is 1.18 bits per heavy atom. The van der Waals surface area contributed by atoms with E-state index >= 15 is 0 Å². The third-order valence-electron chi connectivity index (χ3n) is 4.40. The lowest BCUT2D eigenvalue weighted by Gasteiger charge is -2.32. The molecule has 1 heterocycles. The van der Waals surface area contributed by atoms with Gasteiger partial charge in [-0.2, -0.15) is 0 Å². The fourth-order valence-electron chi connectivity index (χ4n) is 2.74. The molecular weight excluding hydrogens is 300 g/mol. The molecule has 0 aromatic rings. The minimum Gasteiger partial charge on any atom is -0.357 e. The van der Waals surface area contributed by atoms with Gasteiger partial charge in [0.25, 0.3) is 0 Å². The van der Waals surface area contributed by atoms with E-state index in [1.165, 1.54) is 19.3 Å². The lowest BCUT2D eigenvalue weighted by Crippen LogP contribution is -2.50. The molecule has 2 rings (SSSR count). The second-order valence-corrected chi connectivity index (χ2v) is 8.47. The highest BCUT2D eigenvalue weighted by molar-refractivity contribution is 7.89. The maximum Gasteiger partial charge on any atom is 0.213 e. The van der Waals surface area contributed by atoms with E-state index in [1.807, 2.05) is 0 Å². The van der Waals surface area contributed by atoms with Crippen LogP contribution < -0.4 is 10.6 Å². The Balaban J connectivity index is 1.78. The highest BCUT2D eigenvalue weighted by atomic mass is 32.2. The number of nitrogens with one attached hydrogen (secondary N) is 2. The van der Waals surface area contributed by atoms with Gasteiger partial charge < -0.3 is 10.6 Å². The number of aliphatic imine (C=N–C) groups is 1. The number of rotatable bonds is 7. The molecule has 7 heteroatoms. The Kier molecular flexibility index (Phi) is 6.50. The SMILES string of the molecule is CCNC(=NCCC1CC1)NC1CCN(S(=O)(=O)CC)CC1. The van der Waals surface area contributed by atoms with Crippen LogP contribution in [0.2, 0.25) is 0 Å². The Morgan fingerprint density at radius 3 is 2.41 bits per heavy atom. The summed E-state index contributed by atoms with van der Waals surface area (Å²) < 4.78 is 25.3. The third kappa shape index (κ3) is 5.43. The Labute approximate surface area is 134 Å². The molecule has 2 fully saturated rings. The molecule has 22 heavy (non-hydrogen) atoms. The Bertz CT molecular complexity index is 466. The van der Waals surface area contributed by atoms with Crippen LogP contribution in [0.15, 0.2) is 4.99 Å². The van der Waals surface area contributed by atoms with E-state index in [1.54, 1.807) is 11.2 Å². The lowest BCUT2D eigenvalue weighted by molar-refractivity contribution is 0.306. The first-order valence-corrected chi connectivity index (χ1v) is 10.2. The first-order chi connectivity index (χ1) is 10.5. The molecule has 0 radical (unpaired) electrons. The monoisotopic (exact) mass is 330 g/mol. The summed E-state index contributed by atoms with van der Waals surface area (Å²) in [6.07, 6.45) is 5.59. The third-order valence-corrected chi connectivity index (χ3v) is 6.28. The maximum absolute atomic E-state index is 11.9. The van der Waals surface area contributed by atoms with Crippen molar-refractivity contribution in [2.24, 2.45) is 10.9 Å². The minimum absolute atomic E-state index is 0.191. The lowest BCUT2D eigenvalue weighted by atomic mass is 10.1. The quantitative estimate of drug-likeness (QED) is 0.543. The molecule has 2 aliphatic rings. The molecule has 0 amide bonds. The Morgan fingerprint density at radius 2 is 1.86 bits per heavy atom. The van der Waals surface area contributed by atoms with Gasteiger partial charge in [-0.05, 0) is 39.0 Å². The van der Waals surface area contributed by atoms with Crippen LogP contribution in [0.3, 0.4) is 0 Å². The molecule has 0 unspecified atom stereocenters. The van der Waals surface area contributed by atoms with Crippen molar-refractivity contribution in [2.75, 3.05) is 31.9 Å².